The third kappa shape index (κ3) is 4.73. The zero-order chi connectivity index (χ0) is 19.9. The summed E-state index contributed by atoms with van der Waals surface area (Å²) in [5.74, 6) is 0.803. The Kier molecular flexibility index (Phi) is 6.01. The third-order valence-electron chi connectivity index (χ3n) is 3.95. The molecule has 3 aromatic rings. The molecule has 0 bridgehead atoms. The maximum atomic E-state index is 11.9. The van der Waals surface area contributed by atoms with Crippen molar-refractivity contribution in [1.82, 2.24) is 10.1 Å². The molecule has 0 saturated carbocycles. The molecular weight excluding hydrogens is 362 g/mol. The number of amides is 1. The van der Waals surface area contributed by atoms with Crippen LogP contribution < -0.4 is 10.1 Å². The van der Waals surface area contributed by atoms with E-state index in [1.165, 1.54) is 7.11 Å². The summed E-state index contributed by atoms with van der Waals surface area (Å²) >= 11 is 0. The van der Waals surface area contributed by atoms with Gasteiger partial charge in [-0.15, -0.1) is 0 Å². The lowest BCUT2D eigenvalue weighted by Gasteiger charge is -2.05. The molecule has 0 atom stereocenters. The molecule has 2 aromatic carbocycles. The summed E-state index contributed by atoms with van der Waals surface area (Å²) in [6.07, 6.45) is 0.0655. The van der Waals surface area contributed by atoms with Gasteiger partial charge in [0, 0.05) is 23.2 Å². The fraction of sp³-hybridized carbons (Fsp3) is 0.200. The van der Waals surface area contributed by atoms with Crippen molar-refractivity contribution in [2.24, 2.45) is 0 Å². The monoisotopic (exact) mass is 381 g/mol. The zero-order valence-corrected chi connectivity index (χ0v) is 15.5. The van der Waals surface area contributed by atoms with Gasteiger partial charge in [-0.2, -0.15) is 4.98 Å². The molecule has 0 aliphatic rings. The smallest absolute Gasteiger partial charge is 0.306 e. The van der Waals surface area contributed by atoms with E-state index in [1.54, 1.807) is 31.4 Å². The number of esters is 1. The van der Waals surface area contributed by atoms with Gasteiger partial charge in [0.15, 0.2) is 0 Å². The summed E-state index contributed by atoms with van der Waals surface area (Å²) in [6, 6.07) is 14.3. The van der Waals surface area contributed by atoms with E-state index in [4.69, 9.17) is 9.26 Å². The Morgan fingerprint density at radius 1 is 1.04 bits per heavy atom. The third-order valence-corrected chi connectivity index (χ3v) is 3.95. The molecule has 28 heavy (non-hydrogen) atoms. The van der Waals surface area contributed by atoms with Crippen LogP contribution in [0.25, 0.3) is 22.8 Å². The standard InChI is InChI=1S/C20H19N3O5/c1-26-16-8-6-13(7-9-16)19-22-20(28-23-19)14-4-3-5-15(12-14)21-17(24)10-11-18(25)27-2/h3-9,12H,10-11H2,1-2H3,(H,21,24). The molecule has 1 N–H and O–H groups in total. The first kappa shape index (κ1) is 19.1. The number of methoxy groups -OCH3 is 2. The van der Waals surface area contributed by atoms with E-state index in [0.717, 1.165) is 11.3 Å². The highest BCUT2D eigenvalue weighted by atomic mass is 16.5. The Balaban J connectivity index is 1.71. The molecular formula is C20H19N3O5. The molecule has 0 fully saturated rings. The number of hydrogen-bond acceptors (Lipinski definition) is 7. The minimum Gasteiger partial charge on any atom is -0.497 e. The van der Waals surface area contributed by atoms with Crippen LogP contribution in [-0.2, 0) is 14.3 Å². The van der Waals surface area contributed by atoms with Crippen LogP contribution in [0.5, 0.6) is 5.75 Å². The van der Waals surface area contributed by atoms with Gasteiger partial charge in [0.2, 0.25) is 11.7 Å². The number of benzene rings is 2. The molecule has 0 aliphatic carbocycles. The first-order valence-electron chi connectivity index (χ1n) is 8.54. The van der Waals surface area contributed by atoms with Crippen molar-refractivity contribution in [2.75, 3.05) is 19.5 Å². The van der Waals surface area contributed by atoms with Gasteiger partial charge in [-0.1, -0.05) is 11.2 Å². The van der Waals surface area contributed by atoms with Crippen molar-refractivity contribution < 1.29 is 23.6 Å². The summed E-state index contributed by atoms with van der Waals surface area (Å²) < 4.78 is 15.0. The van der Waals surface area contributed by atoms with Crippen LogP contribution in [-0.4, -0.2) is 36.2 Å². The van der Waals surface area contributed by atoms with Gasteiger partial charge >= 0.3 is 5.97 Å². The topological polar surface area (TPSA) is 104 Å². The van der Waals surface area contributed by atoms with Crippen molar-refractivity contribution in [2.45, 2.75) is 12.8 Å². The highest BCUT2D eigenvalue weighted by molar-refractivity contribution is 5.93. The molecule has 144 valence electrons. The van der Waals surface area contributed by atoms with Gasteiger partial charge in [-0.3, -0.25) is 9.59 Å². The second-order valence-corrected chi connectivity index (χ2v) is 5.86. The molecule has 0 unspecified atom stereocenters. The lowest BCUT2D eigenvalue weighted by molar-refractivity contribution is -0.141. The highest BCUT2D eigenvalue weighted by Crippen LogP contribution is 2.25. The van der Waals surface area contributed by atoms with E-state index in [-0.39, 0.29) is 18.7 Å². The molecule has 0 spiro atoms. The normalized spacial score (nSPS) is 10.4. The number of aromatic nitrogens is 2. The van der Waals surface area contributed by atoms with E-state index in [2.05, 4.69) is 20.2 Å². The molecule has 1 heterocycles. The molecule has 0 saturated heterocycles. The van der Waals surface area contributed by atoms with Gasteiger partial charge in [-0.05, 0) is 42.5 Å². The summed E-state index contributed by atoms with van der Waals surface area (Å²) in [5, 5.41) is 6.73. The quantitative estimate of drug-likeness (QED) is 0.626. The van der Waals surface area contributed by atoms with E-state index in [9.17, 15) is 9.59 Å². The Bertz CT molecular complexity index is 966. The predicted molar refractivity (Wildman–Crippen MR) is 102 cm³/mol. The maximum absolute atomic E-state index is 11.9. The van der Waals surface area contributed by atoms with Gasteiger partial charge in [0.05, 0.1) is 20.6 Å². The number of carbonyl (C=O) groups excluding carboxylic acids is 2. The van der Waals surface area contributed by atoms with Crippen molar-refractivity contribution in [3.05, 3.63) is 48.5 Å². The fourth-order valence-electron chi connectivity index (χ4n) is 2.47. The zero-order valence-electron chi connectivity index (χ0n) is 15.5. The number of nitrogens with zero attached hydrogens (tertiary/aromatic N) is 2. The highest BCUT2D eigenvalue weighted by Gasteiger charge is 2.12. The predicted octanol–water partition coefficient (Wildman–Crippen LogP) is 3.30. The number of anilines is 1. The lowest BCUT2D eigenvalue weighted by Crippen LogP contribution is -2.13. The minimum atomic E-state index is -0.430. The summed E-state index contributed by atoms with van der Waals surface area (Å²) in [7, 11) is 2.89. The van der Waals surface area contributed by atoms with Gasteiger partial charge in [-0.25, -0.2) is 0 Å². The second kappa shape index (κ2) is 8.81. The number of rotatable bonds is 7. The first-order valence-corrected chi connectivity index (χ1v) is 8.54. The van der Waals surface area contributed by atoms with Crippen molar-refractivity contribution >= 4 is 17.6 Å². The Morgan fingerprint density at radius 2 is 1.82 bits per heavy atom. The van der Waals surface area contributed by atoms with E-state index < -0.39 is 5.97 Å². The number of hydrogen-bond donors (Lipinski definition) is 1. The van der Waals surface area contributed by atoms with Gasteiger partial charge in [0.25, 0.3) is 5.89 Å². The van der Waals surface area contributed by atoms with Crippen LogP contribution in [0.2, 0.25) is 0 Å². The first-order chi connectivity index (χ1) is 13.6. The molecule has 8 nitrogen and oxygen atoms in total. The van der Waals surface area contributed by atoms with Gasteiger partial charge < -0.3 is 19.3 Å². The van der Waals surface area contributed by atoms with Crippen LogP contribution in [0.3, 0.4) is 0 Å². The van der Waals surface area contributed by atoms with Crippen LogP contribution in [0.15, 0.2) is 53.1 Å². The van der Waals surface area contributed by atoms with Crippen LogP contribution in [0.1, 0.15) is 12.8 Å². The van der Waals surface area contributed by atoms with E-state index >= 15 is 0 Å². The number of nitrogens with one attached hydrogen (secondary N) is 1. The van der Waals surface area contributed by atoms with Crippen molar-refractivity contribution in [3.63, 3.8) is 0 Å². The average molecular weight is 381 g/mol. The van der Waals surface area contributed by atoms with Crippen LogP contribution in [0.4, 0.5) is 5.69 Å². The molecule has 3 rings (SSSR count). The Labute approximate surface area is 161 Å². The van der Waals surface area contributed by atoms with Gasteiger partial charge in [0.1, 0.15) is 5.75 Å². The summed E-state index contributed by atoms with van der Waals surface area (Å²) in [6.45, 7) is 0. The Hall–Kier alpha value is -3.68. The SMILES string of the molecule is COC(=O)CCC(=O)Nc1cccc(-c2nc(-c3ccc(OC)cc3)no2)c1. The molecule has 0 aliphatic heterocycles. The second-order valence-electron chi connectivity index (χ2n) is 5.86. The molecule has 8 heteroatoms. The van der Waals surface area contributed by atoms with Crippen LogP contribution in [0, 0.1) is 0 Å². The van der Waals surface area contributed by atoms with E-state index in [1.807, 2.05) is 24.3 Å². The van der Waals surface area contributed by atoms with E-state index in [0.29, 0.717) is 23.0 Å². The lowest BCUT2D eigenvalue weighted by atomic mass is 10.2. The maximum Gasteiger partial charge on any atom is 0.306 e. The average Bonchev–Trinajstić information content (AvgIpc) is 3.22. The van der Waals surface area contributed by atoms with Crippen LogP contribution >= 0.6 is 0 Å². The summed E-state index contributed by atoms with van der Waals surface area (Å²) in [5.41, 5.74) is 2.03. The fourth-order valence-corrected chi connectivity index (χ4v) is 2.47. The number of ether oxygens (including phenoxy) is 2. The largest absolute Gasteiger partial charge is 0.497 e. The minimum absolute atomic E-state index is 0.0247. The Morgan fingerprint density at radius 3 is 2.54 bits per heavy atom. The molecule has 1 amide bonds. The van der Waals surface area contributed by atoms with Crippen molar-refractivity contribution in [1.29, 1.82) is 0 Å². The van der Waals surface area contributed by atoms with Crippen molar-refractivity contribution in [3.8, 4) is 28.6 Å². The molecule has 1 aromatic heterocycles. The molecule has 0 radical (unpaired) electrons. The number of carbonyl (C=O) groups is 2. The summed E-state index contributed by atoms with van der Waals surface area (Å²) in [4.78, 5) is 27.5.